The largest absolute Gasteiger partial charge is 0.386 e. The normalized spacial score (nSPS) is 18.3. The van der Waals surface area contributed by atoms with Crippen molar-refractivity contribution in [3.8, 4) is 0 Å². The van der Waals surface area contributed by atoms with E-state index in [-0.39, 0.29) is 66.9 Å². The van der Waals surface area contributed by atoms with Crippen molar-refractivity contribution < 1.29 is 52.8 Å². The van der Waals surface area contributed by atoms with Crippen LogP contribution in [0.15, 0.2) is 30.3 Å². The predicted octanol–water partition coefficient (Wildman–Crippen LogP) is 3.17. The van der Waals surface area contributed by atoms with Crippen molar-refractivity contribution in [1.29, 1.82) is 0 Å². The molecule has 1 aromatic carbocycles. The summed E-state index contributed by atoms with van der Waals surface area (Å²) in [6.07, 6.45) is -0.140. The fraction of sp³-hybridized carbons (Fsp3) is 0.771. The van der Waals surface area contributed by atoms with Gasteiger partial charge < -0.3 is 59.9 Å². The van der Waals surface area contributed by atoms with E-state index in [1.807, 2.05) is 59.7 Å². The molecule has 1 aromatic rings. The molecule has 65 heavy (non-hydrogen) atoms. The molecule has 10 atom stereocenters. The number of aliphatic hydroxyl groups is 1. The minimum absolute atomic E-state index is 0.0289. The van der Waals surface area contributed by atoms with Crippen LogP contribution in [-0.2, 0) is 47.7 Å². The van der Waals surface area contributed by atoms with Gasteiger partial charge in [-0.2, -0.15) is 0 Å². The number of likely N-dealkylation sites (tertiary alicyclic amines) is 1. The van der Waals surface area contributed by atoms with Crippen LogP contribution in [0, 0.1) is 23.7 Å². The average Bonchev–Trinajstić information content (AvgIpc) is 3.77. The highest BCUT2D eigenvalue weighted by atomic mass is 16.5. The third-order valence-electron chi connectivity index (χ3n) is 12.7. The van der Waals surface area contributed by atoms with Gasteiger partial charge in [-0.05, 0) is 43.1 Å². The molecule has 17 heteroatoms. The average molecular weight is 921 g/mol. The molecular weight excluding hydrogens is 837 g/mol. The smallest absolute Gasteiger partial charge is 0.245 e. The molecule has 0 saturated carbocycles. The minimum Gasteiger partial charge on any atom is -0.386 e. The van der Waals surface area contributed by atoms with Gasteiger partial charge in [0.05, 0.1) is 94.8 Å². The van der Waals surface area contributed by atoms with E-state index in [0.717, 1.165) is 6.42 Å². The van der Waals surface area contributed by atoms with Crippen molar-refractivity contribution in [1.82, 2.24) is 25.3 Å². The second-order valence-corrected chi connectivity index (χ2v) is 18.0. The Morgan fingerprint density at radius 1 is 0.815 bits per heavy atom. The monoisotopic (exact) mass is 921 g/mol. The quantitative estimate of drug-likeness (QED) is 0.0792. The lowest BCUT2D eigenvalue weighted by Crippen LogP contribution is -2.60. The number of hydrogen-bond donors (Lipinski definition) is 4. The molecule has 1 saturated heterocycles. The Kier molecular flexibility index (Phi) is 26.4. The summed E-state index contributed by atoms with van der Waals surface area (Å²) in [6.45, 7) is 18.0. The summed E-state index contributed by atoms with van der Waals surface area (Å²) in [5, 5.41) is 16.8. The van der Waals surface area contributed by atoms with Gasteiger partial charge in [0, 0.05) is 41.4 Å². The van der Waals surface area contributed by atoms with Gasteiger partial charge in [0.2, 0.25) is 29.5 Å². The molecule has 372 valence electrons. The number of rotatable bonds is 31. The topological polar surface area (TPSA) is 212 Å². The van der Waals surface area contributed by atoms with Crippen LogP contribution < -0.4 is 16.4 Å². The summed E-state index contributed by atoms with van der Waals surface area (Å²) in [5.74, 6) is -2.85. The molecule has 0 radical (unpaired) electrons. The number of ether oxygens (including phenoxy) is 5. The van der Waals surface area contributed by atoms with Gasteiger partial charge in [-0.3, -0.25) is 24.0 Å². The molecule has 1 aliphatic heterocycles. The lowest BCUT2D eigenvalue weighted by atomic mass is 9.89. The molecular formula is C48H84N6O11. The van der Waals surface area contributed by atoms with E-state index in [1.54, 1.807) is 49.9 Å². The van der Waals surface area contributed by atoms with Crippen LogP contribution in [-0.4, -0.2) is 173 Å². The molecule has 1 fully saturated rings. The number of aliphatic hydroxyl groups excluding tert-OH is 1. The summed E-state index contributed by atoms with van der Waals surface area (Å²) in [4.78, 5) is 74.5. The zero-order valence-corrected chi connectivity index (χ0v) is 41.5. The van der Waals surface area contributed by atoms with Crippen LogP contribution in [0.25, 0.3) is 0 Å². The minimum atomic E-state index is -0.935. The molecule has 5 amide bonds. The maximum Gasteiger partial charge on any atom is 0.245 e. The van der Waals surface area contributed by atoms with E-state index in [9.17, 15) is 29.1 Å². The number of hydrogen-bond acceptors (Lipinski definition) is 12. The summed E-state index contributed by atoms with van der Waals surface area (Å²) in [6, 6.07) is 5.86. The van der Waals surface area contributed by atoms with E-state index in [4.69, 9.17) is 29.4 Å². The molecule has 2 rings (SSSR count). The Balaban J connectivity index is 2.16. The number of nitrogens with zero attached hydrogens (tertiary/aromatic N) is 3. The Morgan fingerprint density at radius 3 is 1.95 bits per heavy atom. The molecule has 0 spiro atoms. The molecule has 0 aromatic heterocycles. The SMILES string of the molecule is CC[C@H](C)[C@@H]([C@@H](CC(=O)N1CCC[C@H]1[C@H](OC)[C@@H](C)C(=O)N[C@H](C)[C@@H](O)c1ccccc1)OC)N(C)C(=O)[C@@H](NC(=O)[C@H](C(C)C)N(C)C(=O)CCOCCOCCOCCN)C(C)C. The molecule has 1 heterocycles. The number of amides is 5. The van der Waals surface area contributed by atoms with Crippen LogP contribution >= 0.6 is 0 Å². The highest BCUT2D eigenvalue weighted by molar-refractivity contribution is 5.92. The van der Waals surface area contributed by atoms with Crippen LogP contribution in [0.2, 0.25) is 0 Å². The third kappa shape index (κ3) is 17.5. The highest BCUT2D eigenvalue weighted by Gasteiger charge is 2.43. The molecule has 17 nitrogen and oxygen atoms in total. The number of nitrogens with two attached hydrogens (primary N) is 1. The maximum atomic E-state index is 14.5. The van der Waals surface area contributed by atoms with E-state index in [1.165, 1.54) is 19.1 Å². The van der Waals surface area contributed by atoms with Crippen molar-refractivity contribution in [2.75, 3.05) is 81.0 Å². The van der Waals surface area contributed by atoms with Gasteiger partial charge >= 0.3 is 0 Å². The van der Waals surface area contributed by atoms with Gasteiger partial charge in [-0.15, -0.1) is 0 Å². The third-order valence-corrected chi connectivity index (χ3v) is 12.7. The van der Waals surface area contributed by atoms with Crippen LogP contribution in [0.5, 0.6) is 0 Å². The number of benzene rings is 1. The lowest BCUT2D eigenvalue weighted by molar-refractivity contribution is -0.148. The number of methoxy groups -OCH3 is 2. The summed E-state index contributed by atoms with van der Waals surface area (Å²) >= 11 is 0. The zero-order valence-electron chi connectivity index (χ0n) is 41.5. The maximum absolute atomic E-state index is 14.5. The molecule has 0 unspecified atom stereocenters. The predicted molar refractivity (Wildman–Crippen MR) is 249 cm³/mol. The van der Waals surface area contributed by atoms with E-state index >= 15 is 0 Å². The first-order valence-corrected chi connectivity index (χ1v) is 23.5. The number of nitrogens with one attached hydrogen (secondary N) is 2. The number of carbonyl (C=O) groups excluding carboxylic acids is 5. The standard InChI is InChI=1S/C48H84N6O11/c1-13-33(6)43(38(61-11)30-40(56)54-23-17-20-37(54)45(62-12)34(7)46(58)50-35(8)44(57)36-18-15-14-16-19-36)53(10)48(60)41(31(2)3)51-47(59)42(32(4)5)52(9)39(55)21-24-63-26-28-65-29-27-64-25-22-49/h14-16,18-19,31-35,37-38,41-45,57H,13,17,20-30,49H2,1-12H3,(H,50,58)(H,51,59)/t33-,34+,35+,37-,38+,41-,42-,43-,44+,45+/m0/s1. The van der Waals surface area contributed by atoms with Crippen molar-refractivity contribution in [2.24, 2.45) is 29.4 Å². The van der Waals surface area contributed by atoms with Gasteiger partial charge in [-0.1, -0.05) is 85.2 Å². The van der Waals surface area contributed by atoms with Gasteiger partial charge in [0.25, 0.3) is 0 Å². The zero-order chi connectivity index (χ0) is 48.8. The summed E-state index contributed by atoms with van der Waals surface area (Å²) in [5.41, 5.74) is 6.10. The van der Waals surface area contributed by atoms with Crippen LogP contribution in [0.1, 0.15) is 99.2 Å². The number of carbonyl (C=O) groups is 5. The van der Waals surface area contributed by atoms with E-state index in [2.05, 4.69) is 10.6 Å². The Labute approximate surface area is 389 Å². The Hall–Kier alpha value is -3.71. The second-order valence-electron chi connectivity index (χ2n) is 18.0. The van der Waals surface area contributed by atoms with E-state index < -0.39 is 54.3 Å². The van der Waals surface area contributed by atoms with E-state index in [0.29, 0.717) is 64.5 Å². The van der Waals surface area contributed by atoms with Crippen molar-refractivity contribution in [3.63, 3.8) is 0 Å². The number of likely N-dealkylation sites (N-methyl/N-ethyl adjacent to an activating group) is 2. The fourth-order valence-electron chi connectivity index (χ4n) is 8.69. The second kappa shape index (κ2) is 29.8. The van der Waals surface area contributed by atoms with Crippen molar-refractivity contribution in [2.45, 2.75) is 136 Å². The lowest BCUT2D eigenvalue weighted by Gasteiger charge is -2.41. The summed E-state index contributed by atoms with van der Waals surface area (Å²) < 4.78 is 28.3. The fourth-order valence-corrected chi connectivity index (χ4v) is 8.69. The van der Waals surface area contributed by atoms with Crippen molar-refractivity contribution in [3.05, 3.63) is 35.9 Å². The Morgan fingerprint density at radius 2 is 1.42 bits per heavy atom. The van der Waals surface area contributed by atoms with Gasteiger partial charge in [0.1, 0.15) is 12.1 Å². The van der Waals surface area contributed by atoms with Gasteiger partial charge in [-0.25, -0.2) is 0 Å². The van der Waals surface area contributed by atoms with Crippen molar-refractivity contribution >= 4 is 29.5 Å². The van der Waals surface area contributed by atoms with Crippen LogP contribution in [0.4, 0.5) is 0 Å². The first-order chi connectivity index (χ1) is 30.9. The Bertz CT molecular complexity index is 1570. The molecule has 0 aliphatic carbocycles. The van der Waals surface area contributed by atoms with Crippen LogP contribution in [0.3, 0.4) is 0 Å². The molecule has 5 N–H and O–H groups in total. The first-order valence-electron chi connectivity index (χ1n) is 23.5. The summed E-state index contributed by atoms with van der Waals surface area (Å²) in [7, 11) is 6.34. The molecule has 1 aliphatic rings. The first kappa shape index (κ1) is 57.4. The van der Waals surface area contributed by atoms with Gasteiger partial charge in [0.15, 0.2) is 0 Å². The highest BCUT2D eigenvalue weighted by Crippen LogP contribution is 2.30. The molecule has 0 bridgehead atoms.